The van der Waals surface area contributed by atoms with Crippen molar-refractivity contribution in [3.05, 3.63) is 55.0 Å². The normalized spacial score (nSPS) is 12.7. The summed E-state index contributed by atoms with van der Waals surface area (Å²) in [5, 5.41) is 11.3. The summed E-state index contributed by atoms with van der Waals surface area (Å²) in [4.78, 5) is 12.9. The standard InChI is InChI=1S/C21H25N5O4S2/c1-6-11-26-19(18-10-12-30-14(18)2)23-24-21(26)31-15(3)20(27)22-16-8-7-9-17(13-16)32(28,29)25(4)5/h6-10,12-13,15H,1,11H2,2-5H3,(H,22,27). The van der Waals surface area contributed by atoms with E-state index in [1.165, 1.54) is 38.0 Å². The van der Waals surface area contributed by atoms with E-state index in [2.05, 4.69) is 22.1 Å². The van der Waals surface area contributed by atoms with Crippen LogP contribution in [-0.2, 0) is 21.4 Å². The number of carbonyl (C=O) groups excluding carboxylic acids is 1. The van der Waals surface area contributed by atoms with E-state index in [9.17, 15) is 13.2 Å². The van der Waals surface area contributed by atoms with E-state index in [-0.39, 0.29) is 10.8 Å². The van der Waals surface area contributed by atoms with Crippen LogP contribution in [0, 0.1) is 6.92 Å². The lowest BCUT2D eigenvalue weighted by atomic mass is 10.2. The predicted octanol–water partition coefficient (Wildman–Crippen LogP) is 3.40. The Morgan fingerprint density at radius 1 is 1.34 bits per heavy atom. The summed E-state index contributed by atoms with van der Waals surface area (Å²) in [5.41, 5.74) is 1.22. The third-order valence-electron chi connectivity index (χ3n) is 4.66. The highest BCUT2D eigenvalue weighted by molar-refractivity contribution is 8.00. The van der Waals surface area contributed by atoms with Crippen LogP contribution in [0.25, 0.3) is 11.4 Å². The highest BCUT2D eigenvalue weighted by atomic mass is 32.2. The number of carbonyl (C=O) groups is 1. The van der Waals surface area contributed by atoms with Gasteiger partial charge in [-0.2, -0.15) is 0 Å². The Balaban J connectivity index is 1.78. The monoisotopic (exact) mass is 475 g/mol. The van der Waals surface area contributed by atoms with Crippen LogP contribution in [-0.4, -0.2) is 52.7 Å². The smallest absolute Gasteiger partial charge is 0.242 e. The minimum Gasteiger partial charge on any atom is -0.469 e. The Hall–Kier alpha value is -2.89. The third kappa shape index (κ3) is 4.95. The molecule has 2 aromatic heterocycles. The summed E-state index contributed by atoms with van der Waals surface area (Å²) in [7, 11) is -0.687. The molecule has 32 heavy (non-hydrogen) atoms. The van der Waals surface area contributed by atoms with Crippen molar-refractivity contribution in [2.24, 2.45) is 0 Å². The number of aryl methyl sites for hydroxylation is 1. The van der Waals surface area contributed by atoms with Crippen LogP contribution in [0.5, 0.6) is 0 Å². The molecule has 170 valence electrons. The first-order chi connectivity index (χ1) is 15.1. The van der Waals surface area contributed by atoms with Gasteiger partial charge in [0, 0.05) is 26.3 Å². The Morgan fingerprint density at radius 2 is 2.09 bits per heavy atom. The second-order valence-electron chi connectivity index (χ2n) is 7.16. The van der Waals surface area contributed by atoms with Crippen LogP contribution in [0.15, 0.2) is 63.7 Å². The van der Waals surface area contributed by atoms with Crippen LogP contribution < -0.4 is 5.32 Å². The molecule has 1 amide bonds. The molecule has 1 aromatic carbocycles. The SMILES string of the molecule is C=CCn1c(SC(C)C(=O)Nc2cccc(S(=O)(=O)N(C)C)c2)nnc1-c1ccoc1C. The number of nitrogens with one attached hydrogen (secondary N) is 1. The molecule has 1 N–H and O–H groups in total. The molecule has 0 fully saturated rings. The van der Waals surface area contributed by atoms with Crippen molar-refractivity contribution < 1.29 is 17.6 Å². The second kappa shape index (κ2) is 9.72. The quantitative estimate of drug-likeness (QED) is 0.373. The van der Waals surface area contributed by atoms with Crippen molar-refractivity contribution in [1.82, 2.24) is 19.1 Å². The molecule has 0 bridgehead atoms. The fraction of sp³-hybridized carbons (Fsp3) is 0.286. The first kappa shape index (κ1) is 23.8. The first-order valence-electron chi connectivity index (χ1n) is 9.73. The summed E-state index contributed by atoms with van der Waals surface area (Å²) < 4.78 is 33.0. The number of thioether (sulfide) groups is 1. The van der Waals surface area contributed by atoms with Gasteiger partial charge in [0.1, 0.15) is 5.76 Å². The molecule has 9 nitrogen and oxygen atoms in total. The summed E-state index contributed by atoms with van der Waals surface area (Å²) in [6.07, 6.45) is 3.32. The van der Waals surface area contributed by atoms with E-state index >= 15 is 0 Å². The second-order valence-corrected chi connectivity index (χ2v) is 10.6. The maximum atomic E-state index is 12.8. The van der Waals surface area contributed by atoms with Gasteiger partial charge in [0.25, 0.3) is 0 Å². The number of amides is 1. The van der Waals surface area contributed by atoms with Crippen LogP contribution in [0.1, 0.15) is 12.7 Å². The molecule has 0 aliphatic rings. The van der Waals surface area contributed by atoms with Crippen LogP contribution >= 0.6 is 11.8 Å². The number of rotatable bonds is 9. The molecule has 3 aromatic rings. The number of anilines is 1. The number of hydrogen-bond donors (Lipinski definition) is 1. The maximum absolute atomic E-state index is 12.8. The molecular formula is C21H25N5O4S2. The molecular weight excluding hydrogens is 450 g/mol. The molecule has 3 rings (SSSR count). The summed E-state index contributed by atoms with van der Waals surface area (Å²) in [6.45, 7) is 7.85. The van der Waals surface area contributed by atoms with E-state index in [0.717, 1.165) is 15.6 Å². The molecule has 0 radical (unpaired) electrons. The number of furan rings is 1. The summed E-state index contributed by atoms with van der Waals surface area (Å²) in [6, 6.07) is 7.97. The third-order valence-corrected chi connectivity index (χ3v) is 7.55. The summed E-state index contributed by atoms with van der Waals surface area (Å²) >= 11 is 1.25. The van der Waals surface area contributed by atoms with Crippen LogP contribution in [0.3, 0.4) is 0 Å². The van der Waals surface area contributed by atoms with Gasteiger partial charge in [-0.25, -0.2) is 12.7 Å². The topological polar surface area (TPSA) is 110 Å². The summed E-state index contributed by atoms with van der Waals surface area (Å²) in [5.74, 6) is 1.06. The molecule has 0 aliphatic heterocycles. The number of nitrogens with zero attached hydrogens (tertiary/aromatic N) is 4. The Kier molecular flexibility index (Phi) is 7.22. The lowest BCUT2D eigenvalue weighted by Gasteiger charge is -2.15. The average Bonchev–Trinajstić information content (AvgIpc) is 3.34. The lowest BCUT2D eigenvalue weighted by Crippen LogP contribution is -2.24. The van der Waals surface area contributed by atoms with Gasteiger partial charge in [-0.05, 0) is 38.1 Å². The van der Waals surface area contributed by atoms with Crippen molar-refractivity contribution in [2.75, 3.05) is 19.4 Å². The molecule has 0 saturated carbocycles. The zero-order valence-corrected chi connectivity index (χ0v) is 19.9. The number of sulfonamides is 1. The highest BCUT2D eigenvalue weighted by Gasteiger charge is 2.23. The molecule has 11 heteroatoms. The van der Waals surface area contributed by atoms with Crippen molar-refractivity contribution >= 4 is 33.4 Å². The van der Waals surface area contributed by atoms with Crippen LogP contribution in [0.2, 0.25) is 0 Å². The fourth-order valence-corrected chi connectivity index (χ4v) is 4.69. The Morgan fingerprint density at radius 3 is 2.72 bits per heavy atom. The number of aromatic nitrogens is 3. The van der Waals surface area contributed by atoms with Gasteiger partial charge in [0.15, 0.2) is 11.0 Å². The fourth-order valence-electron chi connectivity index (χ4n) is 2.89. The van der Waals surface area contributed by atoms with E-state index in [4.69, 9.17) is 4.42 Å². The first-order valence-corrected chi connectivity index (χ1v) is 12.1. The zero-order valence-electron chi connectivity index (χ0n) is 18.3. The van der Waals surface area contributed by atoms with Gasteiger partial charge < -0.3 is 9.73 Å². The highest BCUT2D eigenvalue weighted by Crippen LogP contribution is 2.29. The van der Waals surface area contributed by atoms with Crippen molar-refractivity contribution in [3.63, 3.8) is 0 Å². The minimum absolute atomic E-state index is 0.103. The molecule has 2 heterocycles. The molecule has 0 aliphatic carbocycles. The van der Waals surface area contributed by atoms with Gasteiger partial charge in [-0.1, -0.05) is 23.9 Å². The van der Waals surface area contributed by atoms with Gasteiger partial charge >= 0.3 is 0 Å². The van der Waals surface area contributed by atoms with Gasteiger partial charge in [-0.3, -0.25) is 9.36 Å². The van der Waals surface area contributed by atoms with Crippen molar-refractivity contribution in [1.29, 1.82) is 0 Å². The molecule has 0 saturated heterocycles. The van der Waals surface area contributed by atoms with E-state index in [0.29, 0.717) is 23.2 Å². The molecule has 0 spiro atoms. The van der Waals surface area contributed by atoms with E-state index in [1.54, 1.807) is 31.4 Å². The zero-order chi connectivity index (χ0) is 23.5. The lowest BCUT2D eigenvalue weighted by molar-refractivity contribution is -0.115. The van der Waals surface area contributed by atoms with Gasteiger partial charge in [-0.15, -0.1) is 16.8 Å². The van der Waals surface area contributed by atoms with E-state index < -0.39 is 15.3 Å². The minimum atomic E-state index is -3.60. The molecule has 1 unspecified atom stereocenters. The Bertz CT molecular complexity index is 1230. The predicted molar refractivity (Wildman–Crippen MR) is 124 cm³/mol. The van der Waals surface area contributed by atoms with Gasteiger partial charge in [0.05, 0.1) is 22.0 Å². The molecule has 1 atom stereocenters. The van der Waals surface area contributed by atoms with Crippen LogP contribution in [0.4, 0.5) is 5.69 Å². The largest absolute Gasteiger partial charge is 0.469 e. The Labute approximate surface area is 191 Å². The van der Waals surface area contributed by atoms with E-state index in [1.807, 2.05) is 17.6 Å². The number of allylic oxidation sites excluding steroid dienone is 1. The van der Waals surface area contributed by atoms with Gasteiger partial charge in [0.2, 0.25) is 15.9 Å². The average molecular weight is 476 g/mol. The maximum Gasteiger partial charge on any atom is 0.242 e. The number of benzene rings is 1. The van der Waals surface area contributed by atoms with Crippen molar-refractivity contribution in [2.45, 2.75) is 35.7 Å². The number of hydrogen-bond acceptors (Lipinski definition) is 7. The van der Waals surface area contributed by atoms with Crippen molar-refractivity contribution in [3.8, 4) is 11.4 Å².